The topological polar surface area (TPSA) is 86.7 Å². The van der Waals surface area contributed by atoms with E-state index in [4.69, 9.17) is 5.11 Å². The number of carboxylic acid groups (broad SMARTS) is 1. The lowest BCUT2D eigenvalue weighted by Crippen LogP contribution is -2.28. The Morgan fingerprint density at radius 1 is 1.40 bits per heavy atom. The van der Waals surface area contributed by atoms with Gasteiger partial charge in [-0.3, -0.25) is 9.59 Å². The van der Waals surface area contributed by atoms with Crippen LogP contribution < -0.4 is 10.2 Å². The molecule has 1 aromatic carbocycles. The minimum Gasteiger partial charge on any atom is -0.481 e. The summed E-state index contributed by atoms with van der Waals surface area (Å²) in [6.45, 7) is 0.566. The predicted octanol–water partition coefficient (Wildman–Crippen LogP) is 1.68. The van der Waals surface area contributed by atoms with Crippen LogP contribution >= 0.6 is 0 Å². The van der Waals surface area contributed by atoms with Crippen molar-refractivity contribution in [3.05, 3.63) is 29.3 Å². The number of likely N-dealkylation sites (N-methyl/N-ethyl adjacent to an activating group) is 1. The molecule has 0 radical (unpaired) electrons. The van der Waals surface area contributed by atoms with Gasteiger partial charge in [0, 0.05) is 37.8 Å². The SMILES string of the molecule is CNC(=O)C(CCC=O)c1c(F)cc(N2CCC(C(=O)O)C2)cc1F. The summed E-state index contributed by atoms with van der Waals surface area (Å²) >= 11 is 0. The highest BCUT2D eigenvalue weighted by atomic mass is 19.1. The van der Waals surface area contributed by atoms with Crippen LogP contribution in [0.5, 0.6) is 0 Å². The third-order valence-corrected chi connectivity index (χ3v) is 4.45. The molecule has 0 aromatic heterocycles. The lowest BCUT2D eigenvalue weighted by molar-refractivity contribution is -0.141. The Labute approximate surface area is 143 Å². The molecule has 2 unspecified atom stereocenters. The largest absolute Gasteiger partial charge is 0.481 e. The van der Waals surface area contributed by atoms with E-state index in [1.54, 1.807) is 4.90 Å². The van der Waals surface area contributed by atoms with Gasteiger partial charge in [-0.25, -0.2) is 8.78 Å². The molecule has 0 bridgehead atoms. The fourth-order valence-corrected chi connectivity index (χ4v) is 3.10. The van der Waals surface area contributed by atoms with E-state index in [9.17, 15) is 23.2 Å². The quantitative estimate of drug-likeness (QED) is 0.728. The minimum atomic E-state index is -1.10. The monoisotopic (exact) mass is 354 g/mol. The normalized spacial score (nSPS) is 18.0. The lowest BCUT2D eigenvalue weighted by atomic mass is 9.92. The van der Waals surface area contributed by atoms with Crippen LogP contribution in [0.25, 0.3) is 0 Å². The summed E-state index contributed by atoms with van der Waals surface area (Å²) in [6, 6.07) is 2.22. The number of aliphatic carboxylic acids is 1. The molecule has 1 fully saturated rings. The summed E-state index contributed by atoms with van der Waals surface area (Å²) in [5.41, 5.74) is -0.132. The van der Waals surface area contributed by atoms with Crippen LogP contribution in [0.1, 0.15) is 30.7 Å². The van der Waals surface area contributed by atoms with E-state index >= 15 is 0 Å². The number of halogens is 2. The highest BCUT2D eigenvalue weighted by Gasteiger charge is 2.31. The molecule has 0 spiro atoms. The molecule has 8 heteroatoms. The Morgan fingerprint density at radius 3 is 2.52 bits per heavy atom. The zero-order valence-electron chi connectivity index (χ0n) is 13.8. The molecule has 1 aliphatic rings. The third-order valence-electron chi connectivity index (χ3n) is 4.45. The number of hydrogen-bond donors (Lipinski definition) is 2. The van der Waals surface area contributed by atoms with Gasteiger partial charge in [-0.05, 0) is 25.0 Å². The van der Waals surface area contributed by atoms with Crippen LogP contribution in [0.4, 0.5) is 14.5 Å². The van der Waals surface area contributed by atoms with Crippen molar-refractivity contribution in [2.24, 2.45) is 5.92 Å². The van der Waals surface area contributed by atoms with Crippen molar-refractivity contribution in [1.82, 2.24) is 5.32 Å². The maximum Gasteiger partial charge on any atom is 0.308 e. The predicted molar refractivity (Wildman–Crippen MR) is 86.4 cm³/mol. The van der Waals surface area contributed by atoms with Gasteiger partial charge in [0.15, 0.2) is 0 Å². The highest BCUT2D eigenvalue weighted by molar-refractivity contribution is 5.84. The number of aldehydes is 1. The Morgan fingerprint density at radius 2 is 2.04 bits per heavy atom. The molecule has 1 aliphatic heterocycles. The lowest BCUT2D eigenvalue weighted by Gasteiger charge is -2.21. The van der Waals surface area contributed by atoms with Crippen LogP contribution in [-0.2, 0) is 14.4 Å². The highest BCUT2D eigenvalue weighted by Crippen LogP contribution is 2.32. The molecule has 1 aromatic rings. The number of hydrogen-bond acceptors (Lipinski definition) is 4. The average molecular weight is 354 g/mol. The van der Waals surface area contributed by atoms with Crippen molar-refractivity contribution >= 4 is 23.9 Å². The second kappa shape index (κ2) is 8.04. The molecule has 25 heavy (non-hydrogen) atoms. The fourth-order valence-electron chi connectivity index (χ4n) is 3.10. The molecule has 0 saturated carbocycles. The molecular weight excluding hydrogens is 334 g/mol. The molecule has 1 heterocycles. The van der Waals surface area contributed by atoms with Crippen molar-refractivity contribution in [3.8, 4) is 0 Å². The standard InChI is InChI=1S/C17H20F2N2O4/c1-20-16(23)12(3-2-6-22)15-13(18)7-11(8-14(15)19)21-5-4-10(9-21)17(24)25/h6-8,10,12H,2-5,9H2,1H3,(H,20,23)(H,24,25). The van der Waals surface area contributed by atoms with Crippen molar-refractivity contribution in [1.29, 1.82) is 0 Å². The van der Waals surface area contributed by atoms with Crippen molar-refractivity contribution in [2.45, 2.75) is 25.2 Å². The number of carbonyl (C=O) groups is 3. The van der Waals surface area contributed by atoms with Gasteiger partial charge in [-0.1, -0.05) is 0 Å². The Bertz CT molecular complexity index is 658. The molecule has 1 amide bonds. The summed E-state index contributed by atoms with van der Waals surface area (Å²) in [6.07, 6.45) is 1.00. The first-order chi connectivity index (χ1) is 11.9. The number of rotatable bonds is 7. The Balaban J connectivity index is 2.31. The molecule has 1 saturated heterocycles. The number of nitrogens with zero attached hydrogens (tertiary/aromatic N) is 1. The van der Waals surface area contributed by atoms with E-state index in [2.05, 4.69) is 5.32 Å². The van der Waals surface area contributed by atoms with Gasteiger partial charge in [0.05, 0.1) is 11.8 Å². The summed E-state index contributed by atoms with van der Waals surface area (Å²) in [5.74, 6) is -4.94. The van der Waals surface area contributed by atoms with Crippen molar-refractivity contribution in [2.75, 3.05) is 25.0 Å². The zero-order valence-corrected chi connectivity index (χ0v) is 13.8. The molecule has 0 aliphatic carbocycles. The number of carbonyl (C=O) groups excluding carboxylic acids is 2. The molecular formula is C17H20F2N2O4. The summed E-state index contributed by atoms with van der Waals surface area (Å²) < 4.78 is 29.1. The van der Waals surface area contributed by atoms with E-state index in [-0.39, 0.29) is 30.6 Å². The fraction of sp³-hybridized carbons (Fsp3) is 0.471. The van der Waals surface area contributed by atoms with Gasteiger partial charge in [0.1, 0.15) is 17.9 Å². The number of carboxylic acids is 1. The van der Waals surface area contributed by atoms with Crippen LogP contribution in [0.2, 0.25) is 0 Å². The molecule has 136 valence electrons. The van der Waals surface area contributed by atoms with Gasteiger partial charge in [0.25, 0.3) is 0 Å². The summed E-state index contributed by atoms with van der Waals surface area (Å²) in [5, 5.41) is 11.4. The van der Waals surface area contributed by atoms with Gasteiger partial charge in [-0.15, -0.1) is 0 Å². The van der Waals surface area contributed by atoms with Gasteiger partial charge in [0.2, 0.25) is 5.91 Å². The first-order valence-corrected chi connectivity index (χ1v) is 8.01. The van der Waals surface area contributed by atoms with Crippen LogP contribution in [-0.4, -0.2) is 43.4 Å². The minimum absolute atomic E-state index is 0.00115. The molecule has 2 rings (SSSR count). The summed E-state index contributed by atoms with van der Waals surface area (Å²) in [7, 11) is 1.36. The second-order valence-corrected chi connectivity index (χ2v) is 6.00. The van der Waals surface area contributed by atoms with Gasteiger partial charge in [-0.2, -0.15) is 0 Å². The first-order valence-electron chi connectivity index (χ1n) is 8.01. The van der Waals surface area contributed by atoms with Crippen molar-refractivity contribution < 1.29 is 28.3 Å². The average Bonchev–Trinajstić information content (AvgIpc) is 3.06. The van der Waals surface area contributed by atoms with E-state index in [0.717, 1.165) is 12.1 Å². The van der Waals surface area contributed by atoms with Crippen molar-refractivity contribution in [3.63, 3.8) is 0 Å². The Kier molecular flexibility index (Phi) is 6.06. The maximum absolute atomic E-state index is 14.5. The summed E-state index contributed by atoms with van der Waals surface area (Å²) in [4.78, 5) is 35.1. The van der Waals surface area contributed by atoms with Crippen LogP contribution in [0.15, 0.2) is 12.1 Å². The maximum atomic E-state index is 14.5. The zero-order chi connectivity index (χ0) is 18.6. The molecule has 2 atom stereocenters. The van der Waals surface area contributed by atoms with E-state index < -0.39 is 35.3 Å². The number of benzene rings is 1. The van der Waals surface area contributed by atoms with Gasteiger partial charge >= 0.3 is 5.97 Å². The van der Waals surface area contributed by atoms with Crippen LogP contribution in [0, 0.1) is 17.6 Å². The molecule has 2 N–H and O–H groups in total. The number of amides is 1. The second-order valence-electron chi connectivity index (χ2n) is 6.00. The van der Waals surface area contributed by atoms with E-state index in [1.807, 2.05) is 0 Å². The first kappa shape index (κ1) is 18.8. The van der Waals surface area contributed by atoms with Crippen LogP contribution in [0.3, 0.4) is 0 Å². The van der Waals surface area contributed by atoms with E-state index in [1.165, 1.54) is 7.05 Å². The third kappa shape index (κ3) is 4.12. The number of nitrogens with one attached hydrogen (secondary N) is 1. The number of anilines is 1. The van der Waals surface area contributed by atoms with Gasteiger partial charge < -0.3 is 20.1 Å². The molecule has 6 nitrogen and oxygen atoms in total. The Hall–Kier alpha value is -2.51. The smallest absolute Gasteiger partial charge is 0.308 e. The van der Waals surface area contributed by atoms with E-state index in [0.29, 0.717) is 19.3 Å².